The zero-order chi connectivity index (χ0) is 25.1. The number of aromatic nitrogens is 1. The van der Waals surface area contributed by atoms with Gasteiger partial charge in [-0.1, -0.05) is 17.7 Å². The van der Waals surface area contributed by atoms with Crippen LogP contribution in [0.4, 0.5) is 10.1 Å². The smallest absolute Gasteiger partial charge is 0.163 e. The topological polar surface area (TPSA) is 68.7 Å². The first-order valence-corrected chi connectivity index (χ1v) is 12.3. The Balaban J connectivity index is 1.66. The van der Waals surface area contributed by atoms with E-state index < -0.39 is 12.4 Å². The van der Waals surface area contributed by atoms with Crippen LogP contribution in [0.25, 0.3) is 22.0 Å². The van der Waals surface area contributed by atoms with E-state index in [1.807, 2.05) is 18.2 Å². The highest BCUT2D eigenvalue weighted by Crippen LogP contribution is 2.34. The summed E-state index contributed by atoms with van der Waals surface area (Å²) in [6.07, 6.45) is 3.60. The molecule has 1 aliphatic rings. The Hall–Kier alpha value is -2.58. The van der Waals surface area contributed by atoms with Crippen molar-refractivity contribution in [1.29, 1.82) is 0 Å². The van der Waals surface area contributed by atoms with Crippen LogP contribution in [0.2, 0.25) is 5.02 Å². The summed E-state index contributed by atoms with van der Waals surface area (Å²) in [6, 6.07) is 8.92. The van der Waals surface area contributed by atoms with Crippen molar-refractivity contribution in [2.45, 2.75) is 32.4 Å². The van der Waals surface area contributed by atoms with Crippen LogP contribution >= 0.6 is 11.6 Å². The maximum Gasteiger partial charge on any atom is 0.163 e. The number of aliphatic hydroxyl groups excluding tert-OH is 1. The number of likely N-dealkylation sites (tertiary alicyclic amines) is 1. The SMILES string of the molecule is CC(=O)c1cnc2ccc(-c3cc(F)c(CO)c(Cl)c3)cc2c1NC1CCN(CCN(C)C)CC1. The highest BCUT2D eigenvalue weighted by Gasteiger charge is 2.22. The van der Waals surface area contributed by atoms with Gasteiger partial charge in [-0.2, -0.15) is 0 Å². The van der Waals surface area contributed by atoms with E-state index >= 15 is 0 Å². The molecule has 0 unspecified atom stereocenters. The summed E-state index contributed by atoms with van der Waals surface area (Å²) in [5, 5.41) is 14.0. The van der Waals surface area contributed by atoms with E-state index in [1.54, 1.807) is 19.2 Å². The second-order valence-electron chi connectivity index (χ2n) is 9.48. The molecule has 0 radical (unpaired) electrons. The molecule has 0 bridgehead atoms. The molecule has 0 spiro atoms. The Labute approximate surface area is 210 Å². The molecule has 4 rings (SSSR count). The minimum atomic E-state index is -0.551. The van der Waals surface area contributed by atoms with Crippen molar-refractivity contribution in [3.63, 3.8) is 0 Å². The first kappa shape index (κ1) is 25.5. The number of carbonyl (C=O) groups excluding carboxylic acids is 1. The molecule has 2 heterocycles. The van der Waals surface area contributed by atoms with Gasteiger partial charge in [-0.15, -0.1) is 0 Å². The molecule has 8 heteroatoms. The quantitative estimate of drug-likeness (QED) is 0.434. The number of hydrogen-bond donors (Lipinski definition) is 2. The van der Waals surface area contributed by atoms with E-state index in [1.165, 1.54) is 6.07 Å². The normalized spacial score (nSPS) is 15.2. The van der Waals surface area contributed by atoms with E-state index in [9.17, 15) is 14.3 Å². The Bertz CT molecular complexity index is 1200. The van der Waals surface area contributed by atoms with Gasteiger partial charge in [0.2, 0.25) is 0 Å². The largest absolute Gasteiger partial charge is 0.392 e. The van der Waals surface area contributed by atoms with Crippen LogP contribution < -0.4 is 5.32 Å². The third-order valence-electron chi connectivity index (χ3n) is 6.68. The highest BCUT2D eigenvalue weighted by molar-refractivity contribution is 6.31. The number of rotatable bonds is 8. The minimum Gasteiger partial charge on any atom is -0.392 e. The van der Waals surface area contributed by atoms with Gasteiger partial charge in [0.1, 0.15) is 5.82 Å². The molecule has 6 nitrogen and oxygen atoms in total. The number of piperidine rings is 1. The third kappa shape index (κ3) is 5.81. The number of anilines is 1. The first-order valence-electron chi connectivity index (χ1n) is 11.9. The first-order chi connectivity index (χ1) is 16.8. The molecule has 1 fully saturated rings. The van der Waals surface area contributed by atoms with Crippen LogP contribution in [0.5, 0.6) is 0 Å². The Kier molecular flexibility index (Phi) is 8.02. The average Bonchev–Trinajstić information content (AvgIpc) is 2.83. The van der Waals surface area contributed by atoms with Crippen LogP contribution in [0.1, 0.15) is 35.7 Å². The number of likely N-dealkylation sites (N-methyl/N-ethyl adjacent to an activating group) is 1. The Morgan fingerprint density at radius 3 is 2.60 bits per heavy atom. The summed E-state index contributed by atoms with van der Waals surface area (Å²) >= 11 is 6.21. The summed E-state index contributed by atoms with van der Waals surface area (Å²) in [7, 11) is 4.17. The average molecular weight is 499 g/mol. The molecule has 35 heavy (non-hydrogen) atoms. The second kappa shape index (κ2) is 11.0. The lowest BCUT2D eigenvalue weighted by Gasteiger charge is -2.34. The number of fused-ring (bicyclic) bond motifs is 1. The standard InChI is InChI=1S/C27H32ClFN4O2/c1-17(35)22-15-30-26-5-4-18(19-13-24(28)23(16-34)25(29)14-19)12-21(26)27(22)31-20-6-8-33(9-7-20)11-10-32(2)3/h4-5,12-15,20,34H,6-11,16H2,1-3H3,(H,30,31). The molecule has 0 atom stereocenters. The lowest BCUT2D eigenvalue weighted by Crippen LogP contribution is -2.42. The zero-order valence-electron chi connectivity index (χ0n) is 20.4. The molecular weight excluding hydrogens is 467 g/mol. The van der Waals surface area contributed by atoms with E-state index in [-0.39, 0.29) is 22.4 Å². The van der Waals surface area contributed by atoms with Gasteiger partial charge < -0.3 is 20.2 Å². The van der Waals surface area contributed by atoms with E-state index in [4.69, 9.17) is 11.6 Å². The summed E-state index contributed by atoms with van der Waals surface area (Å²) in [5.74, 6) is -0.609. The van der Waals surface area contributed by atoms with Crippen molar-refractivity contribution in [3.8, 4) is 11.1 Å². The summed E-state index contributed by atoms with van der Waals surface area (Å²) in [5.41, 5.74) is 3.50. The number of nitrogens with zero attached hydrogens (tertiary/aromatic N) is 3. The molecule has 1 aromatic heterocycles. The van der Waals surface area contributed by atoms with E-state index in [2.05, 4.69) is 34.2 Å². The monoisotopic (exact) mass is 498 g/mol. The fourth-order valence-corrected chi connectivity index (χ4v) is 4.83. The molecule has 1 saturated heterocycles. The number of nitrogens with one attached hydrogen (secondary N) is 1. The predicted molar refractivity (Wildman–Crippen MR) is 140 cm³/mol. The van der Waals surface area contributed by atoms with Crippen LogP contribution in [0.3, 0.4) is 0 Å². The summed E-state index contributed by atoms with van der Waals surface area (Å²) in [4.78, 5) is 21.7. The van der Waals surface area contributed by atoms with Crippen LogP contribution in [-0.2, 0) is 6.61 Å². The number of aliphatic hydroxyl groups is 1. The molecular formula is C27H32ClFN4O2. The van der Waals surface area contributed by atoms with Crippen molar-refractivity contribution in [1.82, 2.24) is 14.8 Å². The van der Waals surface area contributed by atoms with Crippen molar-refractivity contribution >= 4 is 34.0 Å². The lowest BCUT2D eigenvalue weighted by molar-refractivity contribution is 0.101. The van der Waals surface area contributed by atoms with Gasteiger partial charge in [0.25, 0.3) is 0 Å². The number of carbonyl (C=O) groups is 1. The molecule has 3 aromatic rings. The van der Waals surface area contributed by atoms with Gasteiger partial charge in [0.05, 0.1) is 23.4 Å². The van der Waals surface area contributed by atoms with Gasteiger partial charge in [-0.05, 0) is 69.3 Å². The fraction of sp³-hybridized carbons (Fsp3) is 0.407. The van der Waals surface area contributed by atoms with E-state index in [0.29, 0.717) is 11.1 Å². The van der Waals surface area contributed by atoms with Crippen LogP contribution in [0.15, 0.2) is 36.5 Å². The number of pyridine rings is 1. The van der Waals surface area contributed by atoms with Crippen molar-refractivity contribution < 1.29 is 14.3 Å². The van der Waals surface area contributed by atoms with Gasteiger partial charge in [0, 0.05) is 54.4 Å². The summed E-state index contributed by atoms with van der Waals surface area (Å²) in [6.45, 7) is 5.18. The fourth-order valence-electron chi connectivity index (χ4n) is 4.56. The maximum atomic E-state index is 14.5. The van der Waals surface area contributed by atoms with Crippen molar-refractivity contribution in [3.05, 3.63) is 58.5 Å². The van der Waals surface area contributed by atoms with Crippen LogP contribution in [-0.4, -0.2) is 72.0 Å². The van der Waals surface area contributed by atoms with Gasteiger partial charge in [-0.3, -0.25) is 9.78 Å². The van der Waals surface area contributed by atoms with Gasteiger partial charge in [0.15, 0.2) is 5.78 Å². The Morgan fingerprint density at radius 2 is 1.97 bits per heavy atom. The molecule has 186 valence electrons. The molecule has 1 aliphatic heterocycles. The van der Waals surface area contributed by atoms with Gasteiger partial charge >= 0.3 is 0 Å². The summed E-state index contributed by atoms with van der Waals surface area (Å²) < 4.78 is 14.5. The molecule has 0 aliphatic carbocycles. The molecule has 2 aromatic carbocycles. The van der Waals surface area contributed by atoms with Crippen LogP contribution in [0, 0.1) is 5.82 Å². The Morgan fingerprint density at radius 1 is 1.23 bits per heavy atom. The van der Waals surface area contributed by atoms with E-state index in [0.717, 1.165) is 61.2 Å². The second-order valence-corrected chi connectivity index (χ2v) is 9.88. The molecule has 0 amide bonds. The number of Topliss-reactive ketones (excluding diaryl/α,β-unsaturated/α-hetero) is 1. The highest BCUT2D eigenvalue weighted by atomic mass is 35.5. The number of benzene rings is 2. The number of ketones is 1. The zero-order valence-corrected chi connectivity index (χ0v) is 21.2. The number of halogens is 2. The predicted octanol–water partition coefficient (Wildman–Crippen LogP) is 4.83. The minimum absolute atomic E-state index is 0.0582. The van der Waals surface area contributed by atoms with Crippen molar-refractivity contribution in [2.24, 2.45) is 0 Å². The molecule has 0 saturated carbocycles. The van der Waals surface area contributed by atoms with Gasteiger partial charge in [-0.25, -0.2) is 4.39 Å². The maximum absolute atomic E-state index is 14.5. The molecule has 2 N–H and O–H groups in total. The van der Waals surface area contributed by atoms with Crippen molar-refractivity contribution in [2.75, 3.05) is 45.6 Å². The number of hydrogen-bond acceptors (Lipinski definition) is 6. The lowest BCUT2D eigenvalue weighted by atomic mass is 9.98. The third-order valence-corrected chi connectivity index (χ3v) is 7.02.